The molecule has 2 unspecified atom stereocenters. The number of aliphatic hydroxyl groups is 2. The molecule has 0 bridgehead atoms. The Hall–Kier alpha value is -1.46. The summed E-state index contributed by atoms with van der Waals surface area (Å²) in [5, 5.41) is 18.7. The molecule has 1 aromatic heterocycles. The van der Waals surface area contributed by atoms with Gasteiger partial charge in [0.2, 0.25) is 0 Å². The second-order valence-corrected chi connectivity index (χ2v) is 4.03. The summed E-state index contributed by atoms with van der Waals surface area (Å²) in [6.07, 6.45) is -0.181. The third-order valence-corrected chi connectivity index (χ3v) is 2.70. The van der Waals surface area contributed by atoms with Crippen LogP contribution in [0.15, 0.2) is 18.3 Å². The molecule has 0 radical (unpaired) electrons. The Morgan fingerprint density at radius 2 is 2.00 bits per heavy atom. The Bertz CT molecular complexity index is 381. The molecule has 1 amide bonds. The lowest BCUT2D eigenvalue weighted by atomic mass is 10.2. The molecule has 1 aromatic rings. The second kappa shape index (κ2) is 4.19. The van der Waals surface area contributed by atoms with Gasteiger partial charge in [0.1, 0.15) is 0 Å². The molecule has 2 N–H and O–H groups in total. The molecule has 16 heavy (non-hydrogen) atoms. The van der Waals surface area contributed by atoms with E-state index in [1.165, 1.54) is 11.1 Å². The van der Waals surface area contributed by atoms with Gasteiger partial charge in [-0.15, -0.1) is 0 Å². The first-order valence-corrected chi connectivity index (χ1v) is 5.16. The lowest BCUT2D eigenvalue weighted by Crippen LogP contribution is -2.29. The Morgan fingerprint density at radius 1 is 1.38 bits per heavy atom. The lowest BCUT2D eigenvalue weighted by Gasteiger charge is -2.14. The summed E-state index contributed by atoms with van der Waals surface area (Å²) in [5.41, 5.74) is 1.32. The van der Waals surface area contributed by atoms with Gasteiger partial charge in [0, 0.05) is 25.0 Å². The Balaban J connectivity index is 2.11. The minimum atomic E-state index is -0.845. The quantitative estimate of drug-likeness (QED) is 0.676. The second-order valence-electron chi connectivity index (χ2n) is 4.03. The molecular formula is C11H14N2O3. The maximum atomic E-state index is 11.9. The van der Waals surface area contributed by atoms with Gasteiger partial charge in [-0.1, -0.05) is 0 Å². The predicted octanol–water partition coefficient (Wildman–Crippen LogP) is -0.432. The number of nitrogens with zero attached hydrogens (tertiary/aromatic N) is 2. The molecule has 5 nitrogen and oxygen atoms in total. The maximum absolute atomic E-state index is 11.9. The van der Waals surface area contributed by atoms with Crippen LogP contribution in [0.1, 0.15) is 16.1 Å². The van der Waals surface area contributed by atoms with Gasteiger partial charge in [-0.3, -0.25) is 9.78 Å². The van der Waals surface area contributed by atoms with E-state index in [1.807, 2.05) is 6.92 Å². The number of aliphatic hydroxyl groups excluding tert-OH is 2. The molecule has 1 saturated heterocycles. The normalized spacial score (nSPS) is 24.8. The van der Waals surface area contributed by atoms with E-state index in [-0.39, 0.29) is 19.0 Å². The highest BCUT2D eigenvalue weighted by Gasteiger charge is 2.32. The third kappa shape index (κ3) is 2.05. The molecule has 2 heterocycles. The monoisotopic (exact) mass is 222 g/mol. The van der Waals surface area contributed by atoms with Crippen molar-refractivity contribution in [2.75, 3.05) is 13.1 Å². The van der Waals surface area contributed by atoms with Gasteiger partial charge < -0.3 is 15.1 Å². The lowest BCUT2D eigenvalue weighted by molar-refractivity contribution is 0.0572. The van der Waals surface area contributed by atoms with E-state index < -0.39 is 12.2 Å². The average molecular weight is 222 g/mol. The van der Waals surface area contributed by atoms with Crippen molar-refractivity contribution < 1.29 is 15.0 Å². The third-order valence-electron chi connectivity index (χ3n) is 2.70. The number of aryl methyl sites for hydroxylation is 1. The van der Waals surface area contributed by atoms with Crippen LogP contribution in [0.25, 0.3) is 0 Å². The van der Waals surface area contributed by atoms with Crippen LogP contribution in [-0.4, -0.2) is 51.3 Å². The van der Waals surface area contributed by atoms with Crippen molar-refractivity contribution in [3.63, 3.8) is 0 Å². The number of hydrogen-bond donors (Lipinski definition) is 2. The molecule has 0 spiro atoms. The summed E-state index contributed by atoms with van der Waals surface area (Å²) in [4.78, 5) is 17.4. The molecule has 0 aliphatic carbocycles. The van der Waals surface area contributed by atoms with Gasteiger partial charge >= 0.3 is 0 Å². The number of pyridine rings is 1. The standard InChI is InChI=1S/C11H14N2O3/c1-7-2-3-8(4-12-7)11(16)13-5-9(14)10(15)6-13/h2-4,9-10,14-15H,5-6H2,1H3. The van der Waals surface area contributed by atoms with Crippen molar-refractivity contribution in [3.8, 4) is 0 Å². The van der Waals surface area contributed by atoms with Gasteiger partial charge in [0.05, 0.1) is 17.8 Å². The van der Waals surface area contributed by atoms with Gasteiger partial charge in [-0.25, -0.2) is 0 Å². The highest BCUT2D eigenvalue weighted by molar-refractivity contribution is 5.94. The minimum Gasteiger partial charge on any atom is -0.388 e. The van der Waals surface area contributed by atoms with Gasteiger partial charge in [0.15, 0.2) is 0 Å². The fraction of sp³-hybridized carbons (Fsp3) is 0.455. The van der Waals surface area contributed by atoms with E-state index in [0.717, 1.165) is 5.69 Å². The van der Waals surface area contributed by atoms with Gasteiger partial charge in [-0.05, 0) is 19.1 Å². The van der Waals surface area contributed by atoms with Crippen molar-refractivity contribution in [3.05, 3.63) is 29.6 Å². The highest BCUT2D eigenvalue weighted by atomic mass is 16.3. The Morgan fingerprint density at radius 3 is 2.50 bits per heavy atom. The van der Waals surface area contributed by atoms with Crippen molar-refractivity contribution in [1.82, 2.24) is 9.88 Å². The highest BCUT2D eigenvalue weighted by Crippen LogP contribution is 2.13. The molecule has 1 aliphatic rings. The minimum absolute atomic E-state index is 0.174. The zero-order chi connectivity index (χ0) is 11.7. The van der Waals surface area contributed by atoms with Gasteiger partial charge in [0.25, 0.3) is 5.91 Å². The van der Waals surface area contributed by atoms with Crippen LogP contribution >= 0.6 is 0 Å². The van der Waals surface area contributed by atoms with E-state index in [0.29, 0.717) is 5.56 Å². The molecule has 0 aromatic carbocycles. The number of β-amino-alcohol motifs (C(OH)–C–C–N with tert-alkyl or cyclic N) is 2. The molecule has 2 rings (SSSR count). The fourth-order valence-electron chi connectivity index (χ4n) is 1.71. The smallest absolute Gasteiger partial charge is 0.255 e. The fourth-order valence-corrected chi connectivity index (χ4v) is 1.71. The molecule has 1 aliphatic heterocycles. The number of hydrogen-bond acceptors (Lipinski definition) is 4. The number of likely N-dealkylation sites (tertiary alicyclic amines) is 1. The molecule has 0 saturated carbocycles. The summed E-state index contributed by atoms with van der Waals surface area (Å²) in [5.74, 6) is -0.205. The van der Waals surface area contributed by atoms with Crippen molar-refractivity contribution in [1.29, 1.82) is 0 Å². The largest absolute Gasteiger partial charge is 0.388 e. The van der Waals surface area contributed by atoms with Crippen molar-refractivity contribution in [2.24, 2.45) is 0 Å². The van der Waals surface area contributed by atoms with E-state index in [4.69, 9.17) is 0 Å². The van der Waals surface area contributed by atoms with Crippen LogP contribution in [0.2, 0.25) is 0 Å². The Labute approximate surface area is 93.3 Å². The number of amides is 1. The van der Waals surface area contributed by atoms with E-state index in [1.54, 1.807) is 12.1 Å². The first-order valence-electron chi connectivity index (χ1n) is 5.16. The molecule has 5 heteroatoms. The maximum Gasteiger partial charge on any atom is 0.255 e. The molecule has 86 valence electrons. The first-order chi connectivity index (χ1) is 7.58. The predicted molar refractivity (Wildman–Crippen MR) is 56.9 cm³/mol. The van der Waals surface area contributed by atoms with Crippen LogP contribution < -0.4 is 0 Å². The van der Waals surface area contributed by atoms with E-state index >= 15 is 0 Å². The van der Waals surface area contributed by atoms with Crippen molar-refractivity contribution >= 4 is 5.91 Å². The molecule has 1 fully saturated rings. The summed E-state index contributed by atoms with van der Waals surface area (Å²) in [6.45, 7) is 2.19. The zero-order valence-electron chi connectivity index (χ0n) is 9.00. The van der Waals surface area contributed by atoms with Crippen LogP contribution in [0, 0.1) is 6.92 Å². The van der Waals surface area contributed by atoms with E-state index in [2.05, 4.69) is 4.98 Å². The zero-order valence-corrected chi connectivity index (χ0v) is 9.00. The summed E-state index contributed by atoms with van der Waals surface area (Å²) in [7, 11) is 0. The number of aromatic nitrogens is 1. The van der Waals surface area contributed by atoms with Crippen molar-refractivity contribution in [2.45, 2.75) is 19.1 Å². The number of rotatable bonds is 1. The van der Waals surface area contributed by atoms with Crippen LogP contribution in [0.3, 0.4) is 0 Å². The van der Waals surface area contributed by atoms with E-state index in [9.17, 15) is 15.0 Å². The van der Waals surface area contributed by atoms with Crippen LogP contribution in [-0.2, 0) is 0 Å². The molecule has 2 atom stereocenters. The summed E-state index contributed by atoms with van der Waals surface area (Å²) >= 11 is 0. The SMILES string of the molecule is Cc1ccc(C(=O)N2CC(O)C(O)C2)cn1. The number of carbonyl (C=O) groups is 1. The molecular weight excluding hydrogens is 208 g/mol. The summed E-state index contributed by atoms with van der Waals surface area (Å²) in [6, 6.07) is 3.46. The topological polar surface area (TPSA) is 73.7 Å². The summed E-state index contributed by atoms with van der Waals surface area (Å²) < 4.78 is 0. The van der Waals surface area contributed by atoms with Crippen LogP contribution in [0.4, 0.5) is 0 Å². The van der Waals surface area contributed by atoms with Gasteiger partial charge in [-0.2, -0.15) is 0 Å². The first kappa shape index (κ1) is 11.0. The number of carbonyl (C=O) groups excluding carboxylic acids is 1. The van der Waals surface area contributed by atoms with Crippen LogP contribution in [0.5, 0.6) is 0 Å². The Kier molecular flexibility index (Phi) is 2.89. The average Bonchev–Trinajstić information content (AvgIpc) is 2.59.